The van der Waals surface area contributed by atoms with Crippen LogP contribution in [-0.2, 0) is 0 Å². The minimum absolute atomic E-state index is 0.159. The van der Waals surface area contributed by atoms with Crippen LogP contribution in [-0.4, -0.2) is 49.1 Å². The molecule has 4 heteroatoms. The van der Waals surface area contributed by atoms with Gasteiger partial charge >= 0.3 is 0 Å². The molecule has 0 spiro atoms. The molecule has 3 nitrogen and oxygen atoms in total. The van der Waals surface area contributed by atoms with Crippen molar-refractivity contribution in [2.45, 2.75) is 44.3 Å². The number of hydrogen-bond donors (Lipinski definition) is 1. The first-order valence-corrected chi connectivity index (χ1v) is 8.32. The molecule has 1 heterocycles. The van der Waals surface area contributed by atoms with E-state index in [9.17, 15) is 0 Å². The molecule has 1 saturated heterocycles. The summed E-state index contributed by atoms with van der Waals surface area (Å²) in [6, 6.07) is 9.27. The molecule has 2 rings (SSSR count). The number of benzene rings is 1. The van der Waals surface area contributed by atoms with Crippen LogP contribution >= 0.6 is 11.6 Å². The van der Waals surface area contributed by atoms with Crippen LogP contribution in [0.25, 0.3) is 0 Å². The van der Waals surface area contributed by atoms with Gasteiger partial charge in [0.05, 0.1) is 0 Å². The molecule has 2 N–H and O–H groups in total. The highest BCUT2D eigenvalue weighted by atomic mass is 35.5. The normalized spacial score (nSPS) is 23.2. The Morgan fingerprint density at radius 3 is 2.57 bits per heavy atom. The van der Waals surface area contributed by atoms with E-state index in [1.165, 1.54) is 18.4 Å². The van der Waals surface area contributed by atoms with E-state index in [2.05, 4.69) is 43.0 Å². The zero-order valence-electron chi connectivity index (χ0n) is 13.4. The van der Waals surface area contributed by atoms with Gasteiger partial charge in [-0.15, -0.1) is 0 Å². The molecule has 1 fully saturated rings. The van der Waals surface area contributed by atoms with Crippen LogP contribution in [0.15, 0.2) is 24.3 Å². The number of hydrogen-bond acceptors (Lipinski definition) is 3. The van der Waals surface area contributed by atoms with E-state index in [-0.39, 0.29) is 12.1 Å². The molecule has 118 valence electrons. The Hall–Kier alpha value is -0.610. The fourth-order valence-corrected chi connectivity index (χ4v) is 3.40. The standard InChI is InChI=1S/C17H28ClN3/c1-4-16(19)17(13-7-9-14(18)10-8-13)21-11-5-6-15(12-21)20(2)3/h7-10,15-17H,4-6,11-12,19H2,1-3H3. The van der Waals surface area contributed by atoms with E-state index in [1.807, 2.05) is 12.1 Å². The van der Waals surface area contributed by atoms with Crippen LogP contribution in [0.2, 0.25) is 5.02 Å². The second-order valence-corrected chi connectivity index (χ2v) is 6.76. The fourth-order valence-electron chi connectivity index (χ4n) is 3.27. The molecule has 3 atom stereocenters. The van der Waals surface area contributed by atoms with Crippen LogP contribution in [0.3, 0.4) is 0 Å². The lowest BCUT2D eigenvalue weighted by molar-refractivity contribution is 0.0832. The van der Waals surface area contributed by atoms with E-state index < -0.39 is 0 Å². The quantitative estimate of drug-likeness (QED) is 0.907. The number of nitrogens with two attached hydrogens (primary N) is 1. The maximum atomic E-state index is 6.45. The number of rotatable bonds is 5. The lowest BCUT2D eigenvalue weighted by Gasteiger charge is -2.42. The molecule has 1 aliphatic heterocycles. The van der Waals surface area contributed by atoms with Gasteiger partial charge in [-0.1, -0.05) is 30.7 Å². The van der Waals surface area contributed by atoms with Gasteiger partial charge in [-0.3, -0.25) is 4.90 Å². The van der Waals surface area contributed by atoms with E-state index in [1.54, 1.807) is 0 Å². The molecule has 0 saturated carbocycles. The summed E-state index contributed by atoms with van der Waals surface area (Å²) in [6.07, 6.45) is 3.50. The maximum Gasteiger partial charge on any atom is 0.0499 e. The third kappa shape index (κ3) is 4.19. The van der Waals surface area contributed by atoms with Crippen LogP contribution in [0, 0.1) is 0 Å². The lowest BCUT2D eigenvalue weighted by Crippen LogP contribution is -2.50. The van der Waals surface area contributed by atoms with Gasteiger partial charge in [-0.2, -0.15) is 0 Å². The van der Waals surface area contributed by atoms with Crippen LogP contribution in [0.1, 0.15) is 37.8 Å². The van der Waals surface area contributed by atoms with E-state index in [0.29, 0.717) is 6.04 Å². The third-order valence-corrected chi connectivity index (χ3v) is 4.89. The van der Waals surface area contributed by atoms with Gasteiger partial charge < -0.3 is 10.6 Å². The number of likely N-dealkylation sites (N-methyl/N-ethyl adjacent to an activating group) is 1. The predicted molar refractivity (Wildman–Crippen MR) is 90.7 cm³/mol. The Bertz CT molecular complexity index is 432. The van der Waals surface area contributed by atoms with Crippen molar-refractivity contribution in [1.29, 1.82) is 0 Å². The van der Waals surface area contributed by atoms with Gasteiger partial charge in [0.1, 0.15) is 0 Å². The summed E-state index contributed by atoms with van der Waals surface area (Å²) in [4.78, 5) is 4.90. The number of likely N-dealkylation sites (tertiary alicyclic amines) is 1. The molecule has 0 bridgehead atoms. The molecule has 0 radical (unpaired) electrons. The number of piperidine rings is 1. The minimum Gasteiger partial charge on any atom is -0.326 e. The SMILES string of the molecule is CCC(N)C(c1ccc(Cl)cc1)N1CCCC(N(C)C)C1. The molecular weight excluding hydrogens is 282 g/mol. The minimum atomic E-state index is 0.159. The summed E-state index contributed by atoms with van der Waals surface area (Å²) in [5, 5.41) is 0.785. The highest BCUT2D eigenvalue weighted by Gasteiger charge is 2.30. The first-order valence-electron chi connectivity index (χ1n) is 7.94. The average Bonchev–Trinajstić information content (AvgIpc) is 2.49. The van der Waals surface area contributed by atoms with E-state index in [0.717, 1.165) is 24.5 Å². The molecule has 1 aromatic carbocycles. The van der Waals surface area contributed by atoms with Gasteiger partial charge in [0, 0.05) is 29.7 Å². The topological polar surface area (TPSA) is 32.5 Å². The Morgan fingerprint density at radius 2 is 2.00 bits per heavy atom. The van der Waals surface area contributed by atoms with E-state index in [4.69, 9.17) is 17.3 Å². The molecular formula is C17H28ClN3. The molecule has 1 aromatic rings. The molecule has 21 heavy (non-hydrogen) atoms. The summed E-state index contributed by atoms with van der Waals surface area (Å²) in [5.41, 5.74) is 7.74. The third-order valence-electron chi connectivity index (χ3n) is 4.64. The molecule has 3 unspecified atom stereocenters. The van der Waals surface area contributed by atoms with Crippen LogP contribution in [0.4, 0.5) is 0 Å². The Kier molecular flexibility index (Phi) is 6.06. The first kappa shape index (κ1) is 16.8. The lowest BCUT2D eigenvalue weighted by atomic mass is 9.93. The zero-order chi connectivity index (χ0) is 15.4. The second kappa shape index (κ2) is 7.59. The molecule has 0 amide bonds. The number of nitrogens with zero attached hydrogens (tertiary/aromatic N) is 2. The van der Waals surface area contributed by atoms with Crippen molar-refractivity contribution in [2.24, 2.45) is 5.73 Å². The second-order valence-electron chi connectivity index (χ2n) is 6.32. The van der Waals surface area contributed by atoms with Gasteiger partial charge in [-0.05, 0) is 57.6 Å². The zero-order valence-corrected chi connectivity index (χ0v) is 14.2. The highest BCUT2D eigenvalue weighted by Crippen LogP contribution is 2.29. The van der Waals surface area contributed by atoms with Crippen molar-refractivity contribution in [3.63, 3.8) is 0 Å². The van der Waals surface area contributed by atoms with Crippen molar-refractivity contribution in [3.05, 3.63) is 34.9 Å². The van der Waals surface area contributed by atoms with Gasteiger partial charge in [0.2, 0.25) is 0 Å². The Labute approximate surface area is 134 Å². The first-order chi connectivity index (χ1) is 10.0. The van der Waals surface area contributed by atoms with Crippen molar-refractivity contribution in [2.75, 3.05) is 27.2 Å². The monoisotopic (exact) mass is 309 g/mol. The van der Waals surface area contributed by atoms with Crippen molar-refractivity contribution in [1.82, 2.24) is 9.80 Å². The van der Waals surface area contributed by atoms with E-state index >= 15 is 0 Å². The van der Waals surface area contributed by atoms with Crippen LogP contribution < -0.4 is 5.73 Å². The van der Waals surface area contributed by atoms with Gasteiger partial charge in [0.15, 0.2) is 0 Å². The van der Waals surface area contributed by atoms with Crippen LogP contribution in [0.5, 0.6) is 0 Å². The average molecular weight is 310 g/mol. The Balaban J connectivity index is 2.21. The fraction of sp³-hybridized carbons (Fsp3) is 0.647. The summed E-state index contributed by atoms with van der Waals surface area (Å²) < 4.78 is 0. The number of halogens is 1. The van der Waals surface area contributed by atoms with Gasteiger partial charge in [0.25, 0.3) is 0 Å². The smallest absolute Gasteiger partial charge is 0.0499 e. The highest BCUT2D eigenvalue weighted by molar-refractivity contribution is 6.30. The Morgan fingerprint density at radius 1 is 1.33 bits per heavy atom. The largest absolute Gasteiger partial charge is 0.326 e. The van der Waals surface area contributed by atoms with Crippen molar-refractivity contribution < 1.29 is 0 Å². The summed E-state index contributed by atoms with van der Waals surface area (Å²) >= 11 is 6.03. The van der Waals surface area contributed by atoms with Crippen molar-refractivity contribution >= 4 is 11.6 Å². The maximum absolute atomic E-state index is 6.45. The van der Waals surface area contributed by atoms with Crippen molar-refractivity contribution in [3.8, 4) is 0 Å². The summed E-state index contributed by atoms with van der Waals surface area (Å²) in [6.45, 7) is 4.39. The molecule has 0 aromatic heterocycles. The van der Waals surface area contributed by atoms with Gasteiger partial charge in [-0.25, -0.2) is 0 Å². The summed E-state index contributed by atoms with van der Waals surface area (Å²) in [5.74, 6) is 0. The molecule has 0 aliphatic carbocycles. The predicted octanol–water partition coefficient (Wildman–Crippen LogP) is 3.14. The summed E-state index contributed by atoms with van der Waals surface area (Å²) in [7, 11) is 4.34. The molecule has 1 aliphatic rings.